The van der Waals surface area contributed by atoms with Crippen molar-refractivity contribution in [1.29, 1.82) is 0 Å². The molecule has 0 saturated heterocycles. The number of hydrogen-bond donors (Lipinski definition) is 2. The van der Waals surface area contributed by atoms with Crippen LogP contribution in [0.3, 0.4) is 0 Å². The largest absolute Gasteiger partial charge is 0.493 e. The number of para-hydroxylation sites is 2. The van der Waals surface area contributed by atoms with E-state index in [1.165, 1.54) is 12.1 Å². The van der Waals surface area contributed by atoms with Crippen molar-refractivity contribution in [2.24, 2.45) is 0 Å². The summed E-state index contributed by atoms with van der Waals surface area (Å²) in [6, 6.07) is 13.1. The summed E-state index contributed by atoms with van der Waals surface area (Å²) in [5.74, 6) is -1.30. The quantitative estimate of drug-likeness (QED) is 0.638. The van der Waals surface area contributed by atoms with Gasteiger partial charge >= 0.3 is 11.9 Å². The highest BCUT2D eigenvalue weighted by Crippen LogP contribution is 2.19. The molecule has 2 aromatic rings. The lowest BCUT2D eigenvalue weighted by Crippen LogP contribution is -2.06. The van der Waals surface area contributed by atoms with Gasteiger partial charge in [-0.05, 0) is 43.5 Å². The zero-order valence-electron chi connectivity index (χ0n) is 13.7. The summed E-state index contributed by atoms with van der Waals surface area (Å²) >= 11 is 0. The van der Waals surface area contributed by atoms with Crippen molar-refractivity contribution in [3.05, 3.63) is 59.7 Å². The number of hydrogen-bond acceptors (Lipinski definition) is 4. The van der Waals surface area contributed by atoms with Crippen LogP contribution in [0.15, 0.2) is 48.5 Å². The number of benzene rings is 2. The maximum absolute atomic E-state index is 11.1. The summed E-state index contributed by atoms with van der Waals surface area (Å²) in [7, 11) is 0. The molecule has 0 aliphatic carbocycles. The molecule has 2 aromatic carbocycles. The van der Waals surface area contributed by atoms with Crippen molar-refractivity contribution in [1.82, 2.24) is 0 Å². The van der Waals surface area contributed by atoms with Gasteiger partial charge in [-0.25, -0.2) is 9.59 Å². The third-order valence-corrected chi connectivity index (χ3v) is 3.54. The maximum atomic E-state index is 11.1. The Hall–Kier alpha value is -3.02. The number of ether oxygens (including phenoxy) is 2. The SMILES string of the molecule is O=C(O)c1ccccc1OCCCCCOc1ccccc1C(=O)O. The molecule has 0 fully saturated rings. The van der Waals surface area contributed by atoms with Gasteiger partial charge in [-0.15, -0.1) is 0 Å². The number of carboxylic acids is 2. The Bertz CT molecular complexity index is 664. The lowest BCUT2D eigenvalue weighted by atomic mass is 10.2. The van der Waals surface area contributed by atoms with Crippen LogP contribution in [-0.2, 0) is 0 Å². The minimum Gasteiger partial charge on any atom is -0.493 e. The second-order valence-electron chi connectivity index (χ2n) is 5.36. The molecule has 2 N–H and O–H groups in total. The van der Waals surface area contributed by atoms with E-state index in [0.717, 1.165) is 19.3 Å². The highest BCUT2D eigenvalue weighted by Gasteiger charge is 2.10. The van der Waals surface area contributed by atoms with E-state index in [0.29, 0.717) is 24.7 Å². The molecule has 6 heteroatoms. The van der Waals surface area contributed by atoms with Gasteiger partial charge in [-0.1, -0.05) is 24.3 Å². The normalized spacial score (nSPS) is 10.2. The molecule has 0 atom stereocenters. The average Bonchev–Trinajstić information content (AvgIpc) is 2.61. The van der Waals surface area contributed by atoms with Crippen molar-refractivity contribution < 1.29 is 29.3 Å². The number of rotatable bonds is 10. The maximum Gasteiger partial charge on any atom is 0.339 e. The van der Waals surface area contributed by atoms with Crippen LogP contribution in [0.1, 0.15) is 40.0 Å². The van der Waals surface area contributed by atoms with Gasteiger partial charge < -0.3 is 19.7 Å². The van der Waals surface area contributed by atoms with Crippen LogP contribution in [0.2, 0.25) is 0 Å². The van der Waals surface area contributed by atoms with Crippen molar-refractivity contribution in [3.63, 3.8) is 0 Å². The first-order valence-electron chi connectivity index (χ1n) is 8.00. The van der Waals surface area contributed by atoms with Crippen LogP contribution in [0.25, 0.3) is 0 Å². The molecular formula is C19H20O6. The second kappa shape index (κ2) is 9.32. The van der Waals surface area contributed by atoms with Gasteiger partial charge in [-0.2, -0.15) is 0 Å². The molecule has 0 heterocycles. The Kier molecular flexibility index (Phi) is 6.83. The molecule has 0 saturated carbocycles. The van der Waals surface area contributed by atoms with E-state index < -0.39 is 11.9 Å². The van der Waals surface area contributed by atoms with E-state index in [4.69, 9.17) is 19.7 Å². The second-order valence-corrected chi connectivity index (χ2v) is 5.36. The van der Waals surface area contributed by atoms with E-state index in [1.54, 1.807) is 36.4 Å². The number of aromatic carboxylic acids is 2. The number of carboxylic acid groups (broad SMARTS) is 2. The van der Waals surface area contributed by atoms with Crippen LogP contribution in [0.5, 0.6) is 11.5 Å². The summed E-state index contributed by atoms with van der Waals surface area (Å²) in [6.07, 6.45) is 2.32. The Morgan fingerprint density at radius 3 is 1.48 bits per heavy atom. The Morgan fingerprint density at radius 1 is 0.680 bits per heavy atom. The minimum atomic E-state index is -1.01. The molecule has 2 rings (SSSR count). The molecule has 0 aliphatic rings. The molecular weight excluding hydrogens is 324 g/mol. The smallest absolute Gasteiger partial charge is 0.339 e. The standard InChI is InChI=1S/C19H20O6/c20-18(21)14-8-2-4-10-16(14)24-12-6-1-7-13-25-17-11-5-3-9-15(17)19(22)23/h2-5,8-11H,1,6-7,12-13H2,(H,20,21)(H,22,23). The average molecular weight is 344 g/mol. The van der Waals surface area contributed by atoms with Crippen LogP contribution < -0.4 is 9.47 Å². The fraction of sp³-hybridized carbons (Fsp3) is 0.263. The number of carbonyl (C=O) groups is 2. The first kappa shape index (κ1) is 18.3. The molecule has 0 aromatic heterocycles. The zero-order chi connectivity index (χ0) is 18.1. The fourth-order valence-electron chi connectivity index (χ4n) is 2.28. The van der Waals surface area contributed by atoms with Crippen molar-refractivity contribution in [3.8, 4) is 11.5 Å². The van der Waals surface area contributed by atoms with E-state index in [9.17, 15) is 9.59 Å². The summed E-state index contributed by atoms with van der Waals surface area (Å²) in [5, 5.41) is 18.1. The Labute approximate surface area is 145 Å². The molecule has 0 aliphatic heterocycles. The van der Waals surface area contributed by atoms with Crippen molar-refractivity contribution >= 4 is 11.9 Å². The Morgan fingerprint density at radius 2 is 1.08 bits per heavy atom. The van der Waals surface area contributed by atoms with Gasteiger partial charge in [0.05, 0.1) is 13.2 Å². The van der Waals surface area contributed by atoms with Crippen molar-refractivity contribution in [2.75, 3.05) is 13.2 Å². The predicted octanol–water partition coefficient (Wildman–Crippen LogP) is 3.71. The molecule has 6 nitrogen and oxygen atoms in total. The molecule has 0 bridgehead atoms. The zero-order valence-corrected chi connectivity index (χ0v) is 13.7. The molecule has 25 heavy (non-hydrogen) atoms. The molecule has 0 amide bonds. The molecule has 132 valence electrons. The van der Waals surface area contributed by atoms with E-state index in [2.05, 4.69) is 0 Å². The monoisotopic (exact) mass is 344 g/mol. The van der Waals surface area contributed by atoms with Gasteiger partial charge in [-0.3, -0.25) is 0 Å². The molecule has 0 unspecified atom stereocenters. The summed E-state index contributed by atoms with van der Waals surface area (Å²) in [4.78, 5) is 22.1. The topological polar surface area (TPSA) is 93.1 Å². The van der Waals surface area contributed by atoms with Crippen LogP contribution >= 0.6 is 0 Å². The van der Waals surface area contributed by atoms with E-state index >= 15 is 0 Å². The van der Waals surface area contributed by atoms with Gasteiger partial charge in [0.2, 0.25) is 0 Å². The lowest BCUT2D eigenvalue weighted by Gasteiger charge is -2.10. The number of unbranched alkanes of at least 4 members (excludes halogenated alkanes) is 2. The van der Waals surface area contributed by atoms with E-state index in [1.807, 2.05) is 0 Å². The van der Waals surface area contributed by atoms with Gasteiger partial charge in [0.15, 0.2) is 0 Å². The van der Waals surface area contributed by atoms with Crippen molar-refractivity contribution in [2.45, 2.75) is 19.3 Å². The lowest BCUT2D eigenvalue weighted by molar-refractivity contribution is 0.0681. The van der Waals surface area contributed by atoms with Gasteiger partial charge in [0.25, 0.3) is 0 Å². The third-order valence-electron chi connectivity index (χ3n) is 3.54. The minimum absolute atomic E-state index is 0.149. The van der Waals surface area contributed by atoms with Crippen LogP contribution in [-0.4, -0.2) is 35.4 Å². The summed E-state index contributed by atoms with van der Waals surface area (Å²) in [6.45, 7) is 0.825. The highest BCUT2D eigenvalue weighted by atomic mass is 16.5. The van der Waals surface area contributed by atoms with E-state index in [-0.39, 0.29) is 11.1 Å². The third kappa shape index (κ3) is 5.53. The molecule has 0 spiro atoms. The summed E-state index contributed by atoms with van der Waals surface area (Å²) < 4.78 is 11.0. The first-order valence-corrected chi connectivity index (χ1v) is 8.00. The summed E-state index contributed by atoms with van der Waals surface area (Å²) in [5.41, 5.74) is 0.298. The Balaban J connectivity index is 1.68. The highest BCUT2D eigenvalue weighted by molar-refractivity contribution is 5.91. The van der Waals surface area contributed by atoms with Crippen LogP contribution in [0, 0.1) is 0 Å². The fourth-order valence-corrected chi connectivity index (χ4v) is 2.28. The molecule has 0 radical (unpaired) electrons. The predicted molar refractivity (Wildman–Crippen MR) is 91.6 cm³/mol. The van der Waals surface area contributed by atoms with Gasteiger partial charge in [0, 0.05) is 0 Å². The van der Waals surface area contributed by atoms with Gasteiger partial charge in [0.1, 0.15) is 22.6 Å². The first-order chi connectivity index (χ1) is 12.1. The van der Waals surface area contributed by atoms with Crippen LogP contribution in [0.4, 0.5) is 0 Å².